The lowest BCUT2D eigenvalue weighted by Crippen LogP contribution is -2.08. The van der Waals surface area contributed by atoms with E-state index in [0.717, 1.165) is 38.4 Å². The van der Waals surface area contributed by atoms with E-state index in [4.69, 9.17) is 9.41 Å². The standard InChI is InChI=1S/C23H17BrN4O/c24-18-4-2-1-3-16(18)22-17-9-15(14-5-6-14)7-8-19(17)28-12-27-23(20(28)10-26-22)21-11-25-13-29-21/h1-4,7-9,11-14H,5-6,10H2. The fourth-order valence-corrected chi connectivity index (χ4v) is 4.49. The number of aliphatic imine (C=N–C) groups is 1. The molecule has 1 aliphatic heterocycles. The van der Waals surface area contributed by atoms with Crippen molar-refractivity contribution in [3.63, 3.8) is 0 Å². The SMILES string of the molecule is Brc1ccccc1C1=NCc2c(-c3cnco3)ncn2-c2ccc(C3CC3)cc21. The van der Waals surface area contributed by atoms with E-state index < -0.39 is 0 Å². The molecule has 0 atom stereocenters. The van der Waals surface area contributed by atoms with E-state index in [1.165, 1.54) is 24.8 Å². The molecular formula is C23H17BrN4O. The Labute approximate surface area is 176 Å². The van der Waals surface area contributed by atoms with Crippen LogP contribution in [0.15, 0.2) is 75.3 Å². The number of hydrogen-bond acceptors (Lipinski definition) is 4. The van der Waals surface area contributed by atoms with Gasteiger partial charge in [-0.05, 0) is 42.5 Å². The molecule has 1 aliphatic carbocycles. The summed E-state index contributed by atoms with van der Waals surface area (Å²) in [5.41, 5.74) is 7.52. The van der Waals surface area contributed by atoms with Gasteiger partial charge < -0.3 is 4.42 Å². The molecule has 0 amide bonds. The summed E-state index contributed by atoms with van der Waals surface area (Å²) < 4.78 is 8.70. The summed E-state index contributed by atoms with van der Waals surface area (Å²) in [6.45, 7) is 0.514. The van der Waals surface area contributed by atoms with Gasteiger partial charge in [-0.15, -0.1) is 0 Å². The van der Waals surface area contributed by atoms with Gasteiger partial charge in [0, 0.05) is 15.6 Å². The predicted molar refractivity (Wildman–Crippen MR) is 115 cm³/mol. The second-order valence-corrected chi connectivity index (χ2v) is 8.33. The first-order valence-electron chi connectivity index (χ1n) is 9.69. The van der Waals surface area contributed by atoms with Crippen molar-refractivity contribution < 1.29 is 4.42 Å². The summed E-state index contributed by atoms with van der Waals surface area (Å²) in [4.78, 5) is 13.7. The molecule has 5 nitrogen and oxygen atoms in total. The second-order valence-electron chi connectivity index (χ2n) is 7.47. The molecule has 0 N–H and O–H groups in total. The minimum Gasteiger partial charge on any atom is -0.442 e. The third-order valence-electron chi connectivity index (χ3n) is 5.63. The first-order valence-corrected chi connectivity index (χ1v) is 10.5. The molecule has 0 spiro atoms. The molecule has 0 bridgehead atoms. The first kappa shape index (κ1) is 16.9. The number of nitrogens with zero attached hydrogens (tertiary/aromatic N) is 4. The van der Waals surface area contributed by atoms with Crippen LogP contribution in [0.2, 0.25) is 0 Å². The van der Waals surface area contributed by atoms with Gasteiger partial charge in [-0.3, -0.25) is 9.56 Å². The van der Waals surface area contributed by atoms with E-state index in [0.29, 0.717) is 18.2 Å². The van der Waals surface area contributed by atoms with E-state index in [2.05, 4.69) is 66.9 Å². The Bertz CT molecular complexity index is 1250. The maximum Gasteiger partial charge on any atom is 0.181 e. The number of oxazole rings is 1. The zero-order valence-electron chi connectivity index (χ0n) is 15.5. The zero-order valence-corrected chi connectivity index (χ0v) is 17.1. The Kier molecular flexibility index (Phi) is 3.81. The van der Waals surface area contributed by atoms with Crippen molar-refractivity contribution in [1.29, 1.82) is 0 Å². The Morgan fingerprint density at radius 2 is 1.97 bits per heavy atom. The summed E-state index contributed by atoms with van der Waals surface area (Å²) in [6, 6.07) is 15.0. The number of halogens is 1. The van der Waals surface area contributed by atoms with Crippen molar-refractivity contribution >= 4 is 21.6 Å². The van der Waals surface area contributed by atoms with E-state index >= 15 is 0 Å². The monoisotopic (exact) mass is 444 g/mol. The van der Waals surface area contributed by atoms with Crippen LogP contribution in [0.1, 0.15) is 41.1 Å². The number of hydrogen-bond donors (Lipinski definition) is 0. The molecule has 1 fully saturated rings. The molecule has 2 aliphatic rings. The van der Waals surface area contributed by atoms with Crippen LogP contribution in [-0.4, -0.2) is 20.2 Å². The summed E-state index contributed by atoms with van der Waals surface area (Å²) in [5, 5.41) is 0. The van der Waals surface area contributed by atoms with Crippen LogP contribution >= 0.6 is 15.9 Å². The molecule has 1 saturated carbocycles. The Morgan fingerprint density at radius 1 is 1.07 bits per heavy atom. The number of fused-ring (bicyclic) bond motifs is 3. The van der Waals surface area contributed by atoms with Gasteiger partial charge in [0.2, 0.25) is 0 Å². The maximum absolute atomic E-state index is 5.52. The zero-order chi connectivity index (χ0) is 19.4. The molecule has 6 rings (SSSR count). The van der Waals surface area contributed by atoms with Crippen molar-refractivity contribution in [2.24, 2.45) is 4.99 Å². The van der Waals surface area contributed by atoms with E-state index in [1.807, 2.05) is 12.4 Å². The molecule has 3 heterocycles. The van der Waals surface area contributed by atoms with Crippen LogP contribution in [0.3, 0.4) is 0 Å². The molecule has 0 radical (unpaired) electrons. The highest BCUT2D eigenvalue weighted by Gasteiger charge is 2.28. The molecular weight excluding hydrogens is 428 g/mol. The average Bonchev–Trinajstić information content (AvgIpc) is 3.33. The van der Waals surface area contributed by atoms with Gasteiger partial charge in [0.25, 0.3) is 0 Å². The van der Waals surface area contributed by atoms with Crippen molar-refractivity contribution in [3.05, 3.63) is 88.2 Å². The number of benzene rings is 2. The third-order valence-corrected chi connectivity index (χ3v) is 6.32. The fraction of sp³-hybridized carbons (Fsp3) is 0.174. The molecule has 0 unspecified atom stereocenters. The van der Waals surface area contributed by atoms with Crippen molar-refractivity contribution in [3.8, 4) is 17.1 Å². The molecule has 2 aromatic heterocycles. The average molecular weight is 445 g/mol. The molecule has 29 heavy (non-hydrogen) atoms. The molecule has 2 aromatic carbocycles. The van der Waals surface area contributed by atoms with E-state index in [9.17, 15) is 0 Å². The number of aromatic nitrogens is 3. The smallest absolute Gasteiger partial charge is 0.181 e. The molecule has 4 aromatic rings. The van der Waals surface area contributed by atoms with Crippen LogP contribution < -0.4 is 0 Å². The quantitative estimate of drug-likeness (QED) is 0.418. The van der Waals surface area contributed by atoms with Crippen LogP contribution in [0.25, 0.3) is 17.1 Å². The topological polar surface area (TPSA) is 56.2 Å². The molecule has 142 valence electrons. The van der Waals surface area contributed by atoms with Crippen molar-refractivity contribution in [2.45, 2.75) is 25.3 Å². The Balaban J connectivity index is 1.60. The molecule has 0 saturated heterocycles. The van der Waals surface area contributed by atoms with Crippen LogP contribution in [0, 0.1) is 0 Å². The van der Waals surface area contributed by atoms with Gasteiger partial charge in [-0.1, -0.05) is 40.2 Å². The van der Waals surface area contributed by atoms with Crippen molar-refractivity contribution in [2.75, 3.05) is 0 Å². The predicted octanol–water partition coefficient (Wildman–Crippen LogP) is 5.52. The number of imidazole rings is 1. The largest absolute Gasteiger partial charge is 0.442 e. The van der Waals surface area contributed by atoms with Crippen LogP contribution in [0.5, 0.6) is 0 Å². The van der Waals surface area contributed by atoms with Gasteiger partial charge in [-0.25, -0.2) is 9.97 Å². The van der Waals surface area contributed by atoms with Gasteiger partial charge in [0.05, 0.1) is 29.8 Å². The van der Waals surface area contributed by atoms with Gasteiger partial charge in [0.15, 0.2) is 12.2 Å². The summed E-state index contributed by atoms with van der Waals surface area (Å²) in [7, 11) is 0. The van der Waals surface area contributed by atoms with Gasteiger partial charge in [-0.2, -0.15) is 0 Å². The summed E-state index contributed by atoms with van der Waals surface area (Å²) >= 11 is 3.72. The Morgan fingerprint density at radius 3 is 2.76 bits per heavy atom. The summed E-state index contributed by atoms with van der Waals surface area (Å²) in [5.74, 6) is 1.34. The Hall–Kier alpha value is -2.99. The lowest BCUT2D eigenvalue weighted by molar-refractivity contribution is 0.569. The van der Waals surface area contributed by atoms with Crippen LogP contribution in [0.4, 0.5) is 0 Å². The summed E-state index contributed by atoms with van der Waals surface area (Å²) in [6.07, 6.45) is 7.53. The van der Waals surface area contributed by atoms with Gasteiger partial charge >= 0.3 is 0 Å². The highest BCUT2D eigenvalue weighted by Crippen LogP contribution is 2.42. The molecule has 6 heteroatoms. The third kappa shape index (κ3) is 2.78. The minimum atomic E-state index is 0.514. The van der Waals surface area contributed by atoms with E-state index in [1.54, 1.807) is 6.20 Å². The maximum atomic E-state index is 5.52. The number of rotatable bonds is 3. The van der Waals surface area contributed by atoms with E-state index in [-0.39, 0.29) is 0 Å². The highest BCUT2D eigenvalue weighted by atomic mass is 79.9. The second kappa shape index (κ2) is 6.52. The lowest BCUT2D eigenvalue weighted by Gasteiger charge is -2.14. The van der Waals surface area contributed by atoms with Gasteiger partial charge in [0.1, 0.15) is 12.0 Å². The fourth-order valence-electron chi connectivity index (χ4n) is 4.02. The first-order chi connectivity index (χ1) is 14.3. The minimum absolute atomic E-state index is 0.514. The lowest BCUT2D eigenvalue weighted by atomic mass is 9.97. The highest BCUT2D eigenvalue weighted by molar-refractivity contribution is 9.10. The normalized spacial score (nSPS) is 15.4. The van der Waals surface area contributed by atoms with Crippen molar-refractivity contribution in [1.82, 2.24) is 14.5 Å². The van der Waals surface area contributed by atoms with Crippen LogP contribution in [-0.2, 0) is 6.54 Å².